The highest BCUT2D eigenvalue weighted by atomic mass is 28.4. The quantitative estimate of drug-likeness (QED) is 0.528. The molecule has 0 heterocycles. The second-order valence-corrected chi connectivity index (χ2v) is 17.7. The molecule has 0 saturated heterocycles. The maximum atomic E-state index is 10.6. The largest absolute Gasteiger partial charge is 0.411 e. The van der Waals surface area contributed by atoms with Gasteiger partial charge in [0.1, 0.15) is 0 Å². The molecule has 3 rings (SSSR count). The van der Waals surface area contributed by atoms with Gasteiger partial charge in [0.2, 0.25) is 0 Å². The van der Waals surface area contributed by atoms with Gasteiger partial charge in [0.05, 0.1) is 18.3 Å². The zero-order valence-corrected chi connectivity index (χ0v) is 21.6. The van der Waals surface area contributed by atoms with Crippen molar-refractivity contribution in [1.29, 1.82) is 0 Å². The molecule has 30 heavy (non-hydrogen) atoms. The molecule has 0 bridgehead atoms. The molecule has 4 nitrogen and oxygen atoms in total. The molecule has 5 heteroatoms. The van der Waals surface area contributed by atoms with Gasteiger partial charge in [-0.3, -0.25) is 0 Å². The zero-order valence-electron chi connectivity index (χ0n) is 20.6. The minimum absolute atomic E-state index is 0.0335. The van der Waals surface area contributed by atoms with Gasteiger partial charge in [-0.1, -0.05) is 27.7 Å². The number of rotatable bonds is 5. The Morgan fingerprint density at radius 2 is 1.60 bits per heavy atom. The van der Waals surface area contributed by atoms with Gasteiger partial charge < -0.3 is 19.7 Å². The molecular weight excluding hydrogens is 392 g/mol. The fraction of sp³-hybridized carbons (Fsp3) is 1.00. The van der Waals surface area contributed by atoms with E-state index in [0.717, 1.165) is 32.1 Å². The van der Waals surface area contributed by atoms with E-state index in [9.17, 15) is 15.3 Å². The molecule has 3 aliphatic carbocycles. The highest BCUT2D eigenvalue weighted by molar-refractivity contribution is 6.74. The Kier molecular flexibility index (Phi) is 6.95. The van der Waals surface area contributed by atoms with E-state index in [4.69, 9.17) is 4.43 Å². The maximum absolute atomic E-state index is 10.6. The summed E-state index contributed by atoms with van der Waals surface area (Å²) in [4.78, 5) is 0. The standard InChI is InChI=1S/C25H48O4Si/c1-23(2,3)30(6,7)29-22(16-27)25(5)13-11-19-18-10-12-24(4,28)14-17(18)8-9-20(19)21(25)15-26/h17-22,26-28H,8-16H2,1-7H3/t17-,18+,19-,20-,21+,22?,24-,25+/m1/s1. The molecule has 3 N–H and O–H groups in total. The maximum Gasteiger partial charge on any atom is 0.192 e. The first kappa shape index (κ1) is 24.7. The average molecular weight is 441 g/mol. The van der Waals surface area contributed by atoms with Gasteiger partial charge >= 0.3 is 0 Å². The van der Waals surface area contributed by atoms with Crippen LogP contribution >= 0.6 is 0 Å². The fourth-order valence-electron chi connectivity index (χ4n) is 7.09. The first-order chi connectivity index (χ1) is 13.8. The summed E-state index contributed by atoms with van der Waals surface area (Å²) in [6, 6.07) is 0. The van der Waals surface area contributed by atoms with E-state index in [2.05, 4.69) is 40.8 Å². The van der Waals surface area contributed by atoms with Crippen LogP contribution in [-0.2, 0) is 4.43 Å². The predicted molar refractivity (Wildman–Crippen MR) is 125 cm³/mol. The van der Waals surface area contributed by atoms with E-state index < -0.39 is 13.9 Å². The lowest BCUT2D eigenvalue weighted by Gasteiger charge is -2.59. The van der Waals surface area contributed by atoms with Gasteiger partial charge in [0, 0.05) is 12.0 Å². The van der Waals surface area contributed by atoms with Gasteiger partial charge in [0.15, 0.2) is 8.32 Å². The monoisotopic (exact) mass is 440 g/mol. The molecular formula is C25H48O4Si. The van der Waals surface area contributed by atoms with Crippen molar-refractivity contribution in [2.75, 3.05) is 13.2 Å². The third kappa shape index (κ3) is 4.43. The first-order valence-electron chi connectivity index (χ1n) is 12.4. The molecule has 3 fully saturated rings. The van der Waals surface area contributed by atoms with Gasteiger partial charge in [0.25, 0.3) is 0 Å². The molecule has 0 aliphatic heterocycles. The van der Waals surface area contributed by atoms with E-state index >= 15 is 0 Å². The molecule has 3 saturated carbocycles. The van der Waals surface area contributed by atoms with Crippen LogP contribution < -0.4 is 0 Å². The van der Waals surface area contributed by atoms with Crippen LogP contribution in [0.15, 0.2) is 0 Å². The topological polar surface area (TPSA) is 69.9 Å². The van der Waals surface area contributed by atoms with Crippen LogP contribution in [-0.4, -0.2) is 48.6 Å². The zero-order chi connectivity index (χ0) is 22.5. The first-order valence-corrected chi connectivity index (χ1v) is 15.3. The Hall–Kier alpha value is 0.0569. The smallest absolute Gasteiger partial charge is 0.192 e. The molecule has 176 valence electrons. The van der Waals surface area contributed by atoms with E-state index in [0.29, 0.717) is 23.7 Å². The summed E-state index contributed by atoms with van der Waals surface area (Å²) in [6.45, 7) is 15.8. The van der Waals surface area contributed by atoms with Crippen LogP contribution in [0.5, 0.6) is 0 Å². The Morgan fingerprint density at radius 3 is 2.17 bits per heavy atom. The minimum atomic E-state index is -2.02. The summed E-state index contributed by atoms with van der Waals surface area (Å²) in [5.41, 5.74) is -0.681. The third-order valence-corrected chi connectivity index (χ3v) is 14.5. The predicted octanol–water partition coefficient (Wildman–Crippen LogP) is 4.97. The molecule has 0 aromatic rings. The van der Waals surface area contributed by atoms with Gasteiger partial charge in [-0.15, -0.1) is 0 Å². The van der Waals surface area contributed by atoms with Crippen molar-refractivity contribution in [2.24, 2.45) is 35.0 Å². The van der Waals surface area contributed by atoms with Crippen molar-refractivity contribution in [3.8, 4) is 0 Å². The van der Waals surface area contributed by atoms with Crippen LogP contribution in [0, 0.1) is 35.0 Å². The van der Waals surface area contributed by atoms with E-state index in [-0.39, 0.29) is 35.7 Å². The highest BCUT2D eigenvalue weighted by Crippen LogP contribution is 2.60. The fourth-order valence-corrected chi connectivity index (χ4v) is 8.49. The third-order valence-electron chi connectivity index (χ3n) is 10.0. The van der Waals surface area contributed by atoms with Crippen molar-refractivity contribution >= 4 is 8.32 Å². The lowest BCUT2D eigenvalue weighted by molar-refractivity contribution is -0.144. The summed E-state index contributed by atoms with van der Waals surface area (Å²) < 4.78 is 6.78. The average Bonchev–Trinajstić information content (AvgIpc) is 2.63. The van der Waals surface area contributed by atoms with Gasteiger partial charge in [-0.05, 0) is 99.6 Å². The molecule has 0 aromatic carbocycles. The Bertz CT molecular complexity index is 598. The molecule has 0 radical (unpaired) electrons. The molecule has 0 aromatic heterocycles. The van der Waals surface area contributed by atoms with Crippen LogP contribution in [0.4, 0.5) is 0 Å². The Labute approximate surface area is 185 Å². The van der Waals surface area contributed by atoms with Crippen LogP contribution in [0.2, 0.25) is 18.1 Å². The van der Waals surface area contributed by atoms with Crippen LogP contribution in [0.1, 0.15) is 79.6 Å². The van der Waals surface area contributed by atoms with Gasteiger partial charge in [-0.25, -0.2) is 0 Å². The van der Waals surface area contributed by atoms with E-state index in [1.807, 2.05) is 6.92 Å². The number of aliphatic hydroxyl groups excluding tert-OH is 2. The SMILES string of the molecule is CC(C)(C)[Si](C)(C)OC(CO)[C@@]1(C)CC[C@H]2[C@@H](CC[C@@H]3C[C@](C)(O)CC[C@@H]32)[C@@H]1CO. The molecule has 1 unspecified atom stereocenters. The van der Waals surface area contributed by atoms with Gasteiger partial charge in [-0.2, -0.15) is 0 Å². The van der Waals surface area contributed by atoms with Crippen molar-refractivity contribution in [2.45, 2.75) is 109 Å². The van der Waals surface area contributed by atoms with Crippen LogP contribution in [0.25, 0.3) is 0 Å². The van der Waals surface area contributed by atoms with E-state index in [1.165, 1.54) is 12.8 Å². The molecule has 3 aliphatic rings. The number of hydrogen-bond donors (Lipinski definition) is 3. The summed E-state index contributed by atoms with van der Waals surface area (Å²) in [7, 11) is -2.02. The lowest BCUT2D eigenvalue weighted by Crippen LogP contribution is -2.58. The molecule has 0 spiro atoms. The summed E-state index contributed by atoms with van der Waals surface area (Å²) in [5, 5.41) is 31.7. The molecule has 0 amide bonds. The second-order valence-electron chi connectivity index (χ2n) is 13.0. The number of fused-ring (bicyclic) bond motifs is 3. The summed E-state index contributed by atoms with van der Waals surface area (Å²) in [5.74, 6) is 2.67. The van der Waals surface area contributed by atoms with Crippen molar-refractivity contribution in [3.63, 3.8) is 0 Å². The van der Waals surface area contributed by atoms with Crippen molar-refractivity contribution in [1.82, 2.24) is 0 Å². The van der Waals surface area contributed by atoms with Crippen molar-refractivity contribution in [3.05, 3.63) is 0 Å². The number of aliphatic hydroxyl groups is 3. The van der Waals surface area contributed by atoms with Crippen LogP contribution in [0.3, 0.4) is 0 Å². The minimum Gasteiger partial charge on any atom is -0.411 e. The summed E-state index contributed by atoms with van der Waals surface area (Å²) in [6.07, 6.45) is 7.25. The lowest BCUT2D eigenvalue weighted by atomic mass is 9.48. The Morgan fingerprint density at radius 1 is 0.967 bits per heavy atom. The van der Waals surface area contributed by atoms with E-state index in [1.54, 1.807) is 0 Å². The van der Waals surface area contributed by atoms with Crippen molar-refractivity contribution < 1.29 is 19.7 Å². The second kappa shape index (κ2) is 8.44. The highest BCUT2D eigenvalue weighted by Gasteiger charge is 2.56. The number of hydrogen-bond acceptors (Lipinski definition) is 4. The Balaban J connectivity index is 1.82. The summed E-state index contributed by atoms with van der Waals surface area (Å²) >= 11 is 0. The molecule has 8 atom stereocenters. The normalized spacial score (nSPS) is 43.6.